The minimum Gasteiger partial charge on any atom is -0.486 e. The van der Waals surface area contributed by atoms with E-state index in [4.69, 9.17) is 4.74 Å². The molecule has 0 bridgehead atoms. The quantitative estimate of drug-likeness (QED) is 0.817. The van der Waals surface area contributed by atoms with Crippen LogP contribution >= 0.6 is 0 Å². The van der Waals surface area contributed by atoms with Gasteiger partial charge in [-0.2, -0.15) is 0 Å². The van der Waals surface area contributed by atoms with Crippen LogP contribution in [0.25, 0.3) is 0 Å². The van der Waals surface area contributed by atoms with Gasteiger partial charge in [0.2, 0.25) is 5.91 Å². The van der Waals surface area contributed by atoms with E-state index in [-0.39, 0.29) is 17.6 Å². The molecule has 0 N–H and O–H groups in total. The molecular weight excluding hydrogens is 328 g/mol. The Hall–Kier alpha value is -1.88. The van der Waals surface area contributed by atoms with Crippen molar-refractivity contribution in [2.45, 2.75) is 31.8 Å². The van der Waals surface area contributed by atoms with Gasteiger partial charge < -0.3 is 14.5 Å². The van der Waals surface area contributed by atoms with Gasteiger partial charge in [0.25, 0.3) is 0 Å². The molecule has 1 aromatic carbocycles. The van der Waals surface area contributed by atoms with Gasteiger partial charge in [-0.1, -0.05) is 19.1 Å². The number of rotatable bonds is 2. The Morgan fingerprint density at radius 1 is 1.23 bits per heavy atom. The topological polar surface area (TPSA) is 49.9 Å². The second-order valence-corrected chi connectivity index (χ2v) is 8.28. The van der Waals surface area contributed by atoms with Gasteiger partial charge in [-0.25, -0.2) is 0 Å². The van der Waals surface area contributed by atoms with Crippen LogP contribution in [0.5, 0.6) is 5.75 Å². The number of hydrogen-bond acceptors (Lipinski definition) is 4. The predicted octanol–water partition coefficient (Wildman–Crippen LogP) is 2.21. The van der Waals surface area contributed by atoms with E-state index < -0.39 is 5.60 Å². The average molecular weight is 354 g/mol. The van der Waals surface area contributed by atoms with Gasteiger partial charge in [0.1, 0.15) is 11.4 Å². The van der Waals surface area contributed by atoms with Crippen LogP contribution in [0.2, 0.25) is 0 Å². The molecule has 5 heteroatoms. The summed E-state index contributed by atoms with van der Waals surface area (Å²) in [6.45, 7) is 6.82. The largest absolute Gasteiger partial charge is 0.486 e. The number of ketones is 1. The first-order valence-electron chi connectivity index (χ1n) is 9.95. The lowest BCUT2D eigenvalue weighted by atomic mass is 9.84. The zero-order valence-electron chi connectivity index (χ0n) is 15.3. The van der Waals surface area contributed by atoms with Crippen LogP contribution in [0.3, 0.4) is 0 Å². The number of para-hydroxylation sites is 1. The number of carbonyl (C=O) groups excluding carboxylic acids is 2. The fourth-order valence-corrected chi connectivity index (χ4v) is 5.59. The standard InChI is InChI=1S/C21H26N2O3/c1-2-22-9-11-23(12-10-22)20(25)18-15-7-8-21(19(15)18)13-16(24)14-5-3-4-6-17(14)26-21/h3-6,15,18-19H,2,7-13H2,1H3/t15-,18-,19-,21+/m0/s1. The smallest absolute Gasteiger partial charge is 0.226 e. The van der Waals surface area contributed by atoms with E-state index in [1.165, 1.54) is 0 Å². The SMILES string of the molecule is CCN1CCN(C(=O)[C@H]2[C@@H]3CC[C@@]4(CC(=O)c5ccccc5O4)[C@@H]32)CC1. The lowest BCUT2D eigenvalue weighted by Gasteiger charge is -2.38. The number of ether oxygens (including phenoxy) is 1. The van der Waals surface area contributed by atoms with Crippen LogP contribution in [0, 0.1) is 17.8 Å². The lowest BCUT2D eigenvalue weighted by Crippen LogP contribution is -2.50. The first-order valence-corrected chi connectivity index (χ1v) is 9.95. The summed E-state index contributed by atoms with van der Waals surface area (Å²) >= 11 is 0. The monoisotopic (exact) mass is 354 g/mol. The Bertz CT molecular complexity index is 755. The Kier molecular flexibility index (Phi) is 3.64. The first kappa shape index (κ1) is 16.3. The Morgan fingerprint density at radius 3 is 2.77 bits per heavy atom. The summed E-state index contributed by atoms with van der Waals surface area (Å²) in [5.41, 5.74) is 0.252. The molecule has 1 saturated heterocycles. The molecule has 2 saturated carbocycles. The third kappa shape index (κ3) is 2.33. The molecule has 1 spiro atoms. The minimum atomic E-state index is -0.443. The van der Waals surface area contributed by atoms with Crippen molar-refractivity contribution < 1.29 is 14.3 Å². The van der Waals surface area contributed by atoms with E-state index in [0.717, 1.165) is 45.6 Å². The van der Waals surface area contributed by atoms with E-state index in [2.05, 4.69) is 11.8 Å². The Balaban J connectivity index is 1.33. The van der Waals surface area contributed by atoms with Gasteiger partial charge in [0.15, 0.2) is 5.78 Å². The third-order valence-corrected chi connectivity index (χ3v) is 7.05. The molecule has 4 aliphatic rings. The molecule has 138 valence electrons. The molecule has 5 rings (SSSR count). The van der Waals surface area contributed by atoms with Crippen molar-refractivity contribution >= 4 is 11.7 Å². The van der Waals surface area contributed by atoms with Crippen molar-refractivity contribution in [3.05, 3.63) is 29.8 Å². The van der Waals surface area contributed by atoms with Crippen molar-refractivity contribution in [1.29, 1.82) is 0 Å². The minimum absolute atomic E-state index is 0.0648. The van der Waals surface area contributed by atoms with E-state index in [1.54, 1.807) is 0 Å². The first-order chi connectivity index (χ1) is 12.6. The normalized spacial score (nSPS) is 35.8. The molecule has 2 aliphatic heterocycles. The molecule has 3 fully saturated rings. The van der Waals surface area contributed by atoms with Crippen molar-refractivity contribution in [3.8, 4) is 5.75 Å². The van der Waals surface area contributed by atoms with Crippen LogP contribution < -0.4 is 4.74 Å². The van der Waals surface area contributed by atoms with E-state index >= 15 is 0 Å². The predicted molar refractivity (Wildman–Crippen MR) is 97.1 cm³/mol. The molecule has 26 heavy (non-hydrogen) atoms. The maximum absolute atomic E-state index is 13.1. The summed E-state index contributed by atoms with van der Waals surface area (Å²) in [6, 6.07) is 7.54. The summed E-state index contributed by atoms with van der Waals surface area (Å²) in [7, 11) is 0. The highest BCUT2D eigenvalue weighted by Crippen LogP contribution is 2.66. The van der Waals surface area contributed by atoms with Gasteiger partial charge in [0.05, 0.1) is 12.0 Å². The summed E-state index contributed by atoms with van der Waals surface area (Å²) in [5, 5.41) is 0. The van der Waals surface area contributed by atoms with E-state index in [0.29, 0.717) is 29.6 Å². The number of nitrogens with zero attached hydrogens (tertiary/aromatic N) is 2. The maximum Gasteiger partial charge on any atom is 0.226 e. The molecule has 1 amide bonds. The highest BCUT2D eigenvalue weighted by atomic mass is 16.5. The number of carbonyl (C=O) groups is 2. The number of benzene rings is 1. The van der Waals surface area contributed by atoms with Crippen molar-refractivity contribution in [3.63, 3.8) is 0 Å². The van der Waals surface area contributed by atoms with E-state index in [9.17, 15) is 9.59 Å². The van der Waals surface area contributed by atoms with Gasteiger partial charge in [0, 0.05) is 38.0 Å². The summed E-state index contributed by atoms with van der Waals surface area (Å²) in [5.74, 6) is 1.86. The molecule has 0 radical (unpaired) electrons. The number of fused-ring (bicyclic) bond motifs is 3. The van der Waals surface area contributed by atoms with Gasteiger partial charge in [-0.3, -0.25) is 9.59 Å². The Labute approximate surface area is 154 Å². The second-order valence-electron chi connectivity index (χ2n) is 8.28. The second kappa shape index (κ2) is 5.81. The molecule has 0 unspecified atom stereocenters. The van der Waals surface area contributed by atoms with Crippen LogP contribution in [0.15, 0.2) is 24.3 Å². The highest BCUT2D eigenvalue weighted by molar-refractivity contribution is 6.00. The Morgan fingerprint density at radius 2 is 2.00 bits per heavy atom. The highest BCUT2D eigenvalue weighted by Gasteiger charge is 2.71. The maximum atomic E-state index is 13.1. The zero-order valence-corrected chi connectivity index (χ0v) is 15.3. The molecule has 5 nitrogen and oxygen atoms in total. The van der Waals surface area contributed by atoms with Gasteiger partial charge >= 0.3 is 0 Å². The number of amides is 1. The summed E-state index contributed by atoms with van der Waals surface area (Å²) in [4.78, 5) is 30.2. The lowest BCUT2D eigenvalue weighted by molar-refractivity contribution is -0.136. The molecule has 0 aromatic heterocycles. The summed E-state index contributed by atoms with van der Waals surface area (Å²) in [6.07, 6.45) is 2.33. The van der Waals surface area contributed by atoms with Crippen LogP contribution in [0.4, 0.5) is 0 Å². The fourth-order valence-electron chi connectivity index (χ4n) is 5.59. The summed E-state index contributed by atoms with van der Waals surface area (Å²) < 4.78 is 6.41. The van der Waals surface area contributed by atoms with Gasteiger partial charge in [-0.15, -0.1) is 0 Å². The number of hydrogen-bond donors (Lipinski definition) is 0. The van der Waals surface area contributed by atoms with Crippen LogP contribution in [-0.4, -0.2) is 59.8 Å². The molecule has 4 atom stereocenters. The van der Waals surface area contributed by atoms with Crippen LogP contribution in [0.1, 0.15) is 36.5 Å². The molecule has 2 aliphatic carbocycles. The van der Waals surface area contributed by atoms with Crippen LogP contribution in [-0.2, 0) is 4.79 Å². The van der Waals surface area contributed by atoms with Crippen molar-refractivity contribution in [2.24, 2.45) is 17.8 Å². The van der Waals surface area contributed by atoms with Crippen molar-refractivity contribution in [1.82, 2.24) is 9.80 Å². The number of likely N-dealkylation sites (N-methyl/N-ethyl adjacent to an activating group) is 1. The molecular formula is C21H26N2O3. The zero-order chi connectivity index (χ0) is 17.9. The molecule has 1 aromatic rings. The molecule has 2 heterocycles. The number of piperazine rings is 1. The van der Waals surface area contributed by atoms with Gasteiger partial charge in [-0.05, 0) is 37.4 Å². The average Bonchev–Trinajstić information content (AvgIpc) is 3.32. The fraction of sp³-hybridized carbons (Fsp3) is 0.619. The third-order valence-electron chi connectivity index (χ3n) is 7.05. The van der Waals surface area contributed by atoms with Crippen molar-refractivity contribution in [2.75, 3.05) is 32.7 Å². The number of Topliss-reactive ketones (excluding diaryl/α,β-unsaturated/α-hetero) is 1. The van der Waals surface area contributed by atoms with E-state index in [1.807, 2.05) is 29.2 Å².